The van der Waals surface area contributed by atoms with E-state index in [1.54, 1.807) is 17.0 Å². The largest absolute Gasteiger partial charge is 0.334 e. The second kappa shape index (κ2) is 6.07. The Balaban J connectivity index is 1.90. The van der Waals surface area contributed by atoms with Crippen LogP contribution in [-0.4, -0.2) is 26.9 Å². The maximum absolute atomic E-state index is 14.0. The van der Waals surface area contributed by atoms with Crippen molar-refractivity contribution in [1.82, 2.24) is 14.5 Å². The lowest BCUT2D eigenvalue weighted by atomic mass is 10.1. The Bertz CT molecular complexity index is 749. The van der Waals surface area contributed by atoms with Crippen LogP contribution in [0.5, 0.6) is 0 Å². The summed E-state index contributed by atoms with van der Waals surface area (Å²) < 4.78 is 16.6. The van der Waals surface area contributed by atoms with Crippen LogP contribution >= 0.6 is 15.9 Å². The number of hydrogen-bond acceptors (Lipinski definition) is 2. The molecule has 4 nitrogen and oxygen atoms in total. The summed E-state index contributed by atoms with van der Waals surface area (Å²) >= 11 is 3.27. The van der Waals surface area contributed by atoms with Gasteiger partial charge in [0, 0.05) is 36.1 Å². The van der Waals surface area contributed by atoms with E-state index in [0.29, 0.717) is 23.5 Å². The molecular weight excluding hydrogens is 361 g/mol. The molecule has 0 fully saturated rings. The first-order chi connectivity index (χ1) is 10.9. The lowest BCUT2D eigenvalue weighted by Crippen LogP contribution is -2.37. The molecule has 23 heavy (non-hydrogen) atoms. The van der Waals surface area contributed by atoms with Gasteiger partial charge in [-0.25, -0.2) is 9.37 Å². The zero-order valence-electron chi connectivity index (χ0n) is 13.4. The molecule has 122 valence electrons. The smallest absolute Gasteiger partial charge is 0.258 e. The number of amides is 1. The molecule has 2 aromatic rings. The van der Waals surface area contributed by atoms with Crippen molar-refractivity contribution in [2.24, 2.45) is 7.05 Å². The molecule has 2 heterocycles. The molecule has 0 saturated heterocycles. The highest BCUT2D eigenvalue weighted by Crippen LogP contribution is 2.27. The van der Waals surface area contributed by atoms with E-state index < -0.39 is 5.82 Å². The van der Waals surface area contributed by atoms with Gasteiger partial charge in [-0.15, -0.1) is 0 Å². The minimum absolute atomic E-state index is 0.0935. The first-order valence-electron chi connectivity index (χ1n) is 7.67. The topological polar surface area (TPSA) is 38.1 Å². The summed E-state index contributed by atoms with van der Waals surface area (Å²) in [6.07, 6.45) is 0.739. The third-order valence-corrected chi connectivity index (χ3v) is 4.93. The van der Waals surface area contributed by atoms with E-state index >= 15 is 0 Å². The minimum Gasteiger partial charge on any atom is -0.334 e. The van der Waals surface area contributed by atoms with Crippen LogP contribution < -0.4 is 0 Å². The molecule has 6 heteroatoms. The lowest BCUT2D eigenvalue weighted by molar-refractivity contribution is 0.0725. The van der Waals surface area contributed by atoms with Gasteiger partial charge in [0.1, 0.15) is 11.6 Å². The number of halogens is 2. The first-order valence-corrected chi connectivity index (χ1v) is 8.47. The van der Waals surface area contributed by atoms with Crippen LogP contribution in [0.3, 0.4) is 0 Å². The zero-order valence-corrected chi connectivity index (χ0v) is 15.0. The van der Waals surface area contributed by atoms with Gasteiger partial charge >= 0.3 is 0 Å². The monoisotopic (exact) mass is 379 g/mol. The van der Waals surface area contributed by atoms with Crippen molar-refractivity contribution in [3.63, 3.8) is 0 Å². The predicted molar refractivity (Wildman–Crippen MR) is 89.8 cm³/mol. The van der Waals surface area contributed by atoms with Crippen molar-refractivity contribution in [3.8, 4) is 0 Å². The van der Waals surface area contributed by atoms with Crippen LogP contribution in [0.15, 0.2) is 22.7 Å². The highest BCUT2D eigenvalue weighted by molar-refractivity contribution is 9.10. The van der Waals surface area contributed by atoms with E-state index in [2.05, 4.69) is 39.3 Å². The first kappa shape index (κ1) is 16.2. The number of carbonyl (C=O) groups is 1. The quantitative estimate of drug-likeness (QED) is 0.798. The molecule has 0 bridgehead atoms. The Morgan fingerprint density at radius 2 is 2.13 bits per heavy atom. The molecule has 1 aromatic carbocycles. The Morgan fingerprint density at radius 1 is 1.39 bits per heavy atom. The van der Waals surface area contributed by atoms with E-state index in [9.17, 15) is 9.18 Å². The zero-order chi connectivity index (χ0) is 16.7. The highest BCUT2D eigenvalue weighted by atomic mass is 79.9. The number of aromatic nitrogens is 2. The molecule has 0 unspecified atom stereocenters. The van der Waals surface area contributed by atoms with Crippen molar-refractivity contribution < 1.29 is 9.18 Å². The van der Waals surface area contributed by atoms with Gasteiger partial charge in [0.15, 0.2) is 0 Å². The molecule has 1 amide bonds. The van der Waals surface area contributed by atoms with E-state index in [1.165, 1.54) is 11.8 Å². The summed E-state index contributed by atoms with van der Waals surface area (Å²) in [6, 6.07) is 4.58. The Hall–Kier alpha value is -1.69. The standard InChI is InChI=1S/C17H19BrFN3O/c1-10(2)16-20-13-9-22(8-7-14(13)21(16)3)17(23)15-11(18)5-4-6-12(15)19/h4-6,10H,7-9H2,1-3H3. The van der Waals surface area contributed by atoms with Gasteiger partial charge in [-0.1, -0.05) is 19.9 Å². The fraction of sp³-hybridized carbons (Fsp3) is 0.412. The number of hydrogen-bond donors (Lipinski definition) is 0. The Morgan fingerprint density at radius 3 is 2.78 bits per heavy atom. The lowest BCUT2D eigenvalue weighted by Gasteiger charge is -2.27. The fourth-order valence-corrected chi connectivity index (χ4v) is 3.61. The van der Waals surface area contributed by atoms with Gasteiger partial charge in [-0.3, -0.25) is 4.79 Å². The summed E-state index contributed by atoms with van der Waals surface area (Å²) in [7, 11) is 2.02. The van der Waals surface area contributed by atoms with E-state index in [-0.39, 0.29) is 11.5 Å². The van der Waals surface area contributed by atoms with Crippen LogP contribution in [0.2, 0.25) is 0 Å². The number of rotatable bonds is 2. The van der Waals surface area contributed by atoms with Gasteiger partial charge in [-0.05, 0) is 28.1 Å². The number of benzene rings is 1. The van der Waals surface area contributed by atoms with E-state index in [0.717, 1.165) is 17.9 Å². The summed E-state index contributed by atoms with van der Waals surface area (Å²) in [4.78, 5) is 19.1. The van der Waals surface area contributed by atoms with E-state index in [4.69, 9.17) is 0 Å². The molecule has 0 spiro atoms. The van der Waals surface area contributed by atoms with Crippen molar-refractivity contribution in [3.05, 3.63) is 51.3 Å². The summed E-state index contributed by atoms with van der Waals surface area (Å²) in [5.41, 5.74) is 2.18. The molecule has 0 aliphatic carbocycles. The average Bonchev–Trinajstić information content (AvgIpc) is 2.84. The SMILES string of the molecule is CC(C)c1nc2c(n1C)CCN(C(=O)c1c(F)cccc1Br)C2. The van der Waals surface area contributed by atoms with Crippen LogP contribution in [0, 0.1) is 5.82 Å². The molecule has 1 aliphatic heterocycles. The molecule has 0 saturated carbocycles. The third kappa shape index (κ3) is 2.80. The van der Waals surface area contributed by atoms with Gasteiger partial charge < -0.3 is 9.47 Å². The molecule has 3 rings (SSSR count). The number of nitrogens with zero attached hydrogens (tertiary/aromatic N) is 3. The van der Waals surface area contributed by atoms with Crippen LogP contribution in [0.25, 0.3) is 0 Å². The fourth-order valence-electron chi connectivity index (χ4n) is 3.10. The second-order valence-corrected chi connectivity index (χ2v) is 7.00. The maximum atomic E-state index is 14.0. The van der Waals surface area contributed by atoms with Gasteiger partial charge in [0.2, 0.25) is 0 Å². The molecule has 0 atom stereocenters. The molecule has 1 aromatic heterocycles. The van der Waals surface area contributed by atoms with Crippen LogP contribution in [0.1, 0.15) is 47.3 Å². The van der Waals surface area contributed by atoms with Gasteiger partial charge in [0.25, 0.3) is 5.91 Å². The van der Waals surface area contributed by atoms with Gasteiger partial charge in [0.05, 0.1) is 17.8 Å². The van der Waals surface area contributed by atoms with Crippen molar-refractivity contribution >= 4 is 21.8 Å². The summed E-state index contributed by atoms with van der Waals surface area (Å²) in [5, 5.41) is 0. The Labute approximate surface area is 143 Å². The highest BCUT2D eigenvalue weighted by Gasteiger charge is 2.29. The average molecular weight is 380 g/mol. The van der Waals surface area contributed by atoms with Crippen molar-refractivity contribution in [2.75, 3.05) is 6.54 Å². The summed E-state index contributed by atoms with van der Waals surface area (Å²) in [6.45, 7) is 5.21. The normalized spacial score (nSPS) is 14.3. The number of fused-ring (bicyclic) bond motifs is 1. The second-order valence-electron chi connectivity index (χ2n) is 6.15. The molecular formula is C17H19BrFN3O. The van der Waals surface area contributed by atoms with Crippen LogP contribution in [0.4, 0.5) is 4.39 Å². The van der Waals surface area contributed by atoms with E-state index in [1.807, 2.05) is 7.05 Å². The molecule has 0 N–H and O–H groups in total. The number of carbonyl (C=O) groups excluding carboxylic acids is 1. The molecule has 0 radical (unpaired) electrons. The molecule has 1 aliphatic rings. The summed E-state index contributed by atoms with van der Waals surface area (Å²) in [5.74, 6) is 0.559. The number of imidazole rings is 1. The third-order valence-electron chi connectivity index (χ3n) is 4.27. The predicted octanol–water partition coefficient (Wildman–Crippen LogP) is 3.64. The maximum Gasteiger partial charge on any atom is 0.258 e. The van der Waals surface area contributed by atoms with Crippen molar-refractivity contribution in [2.45, 2.75) is 32.7 Å². The van der Waals surface area contributed by atoms with Crippen molar-refractivity contribution in [1.29, 1.82) is 0 Å². The minimum atomic E-state index is -0.501. The Kier molecular flexibility index (Phi) is 4.27. The van der Waals surface area contributed by atoms with Gasteiger partial charge in [-0.2, -0.15) is 0 Å². The van der Waals surface area contributed by atoms with Crippen LogP contribution in [-0.2, 0) is 20.0 Å².